The van der Waals surface area contributed by atoms with Crippen LogP contribution in [0.1, 0.15) is 6.92 Å². The fourth-order valence-electron chi connectivity index (χ4n) is 1.23. The second-order valence-electron chi connectivity index (χ2n) is 3.06. The maximum atomic E-state index is 11.2. The van der Waals surface area contributed by atoms with E-state index >= 15 is 0 Å². The van der Waals surface area contributed by atoms with Crippen LogP contribution >= 0.6 is 0 Å². The number of para-hydroxylation sites is 2. The largest absolute Gasteiger partial charge is 0.480 e. The van der Waals surface area contributed by atoms with E-state index < -0.39 is 5.97 Å². The van der Waals surface area contributed by atoms with Crippen LogP contribution in [0, 0.1) is 0 Å². The maximum absolute atomic E-state index is 11.2. The summed E-state index contributed by atoms with van der Waals surface area (Å²) in [7, 11) is 0. The Morgan fingerprint density at radius 2 is 2.00 bits per heavy atom. The Labute approximate surface area is 87.1 Å². The lowest BCUT2D eigenvalue weighted by molar-refractivity contribution is -0.136. The highest BCUT2D eigenvalue weighted by atomic mass is 16.4. The number of carboxylic acid groups (broad SMARTS) is 1. The van der Waals surface area contributed by atoms with Gasteiger partial charge in [0.05, 0.1) is 11.4 Å². The van der Waals surface area contributed by atoms with Crippen molar-refractivity contribution in [3.05, 3.63) is 24.3 Å². The van der Waals surface area contributed by atoms with E-state index in [0.717, 1.165) is 4.90 Å². The second kappa shape index (κ2) is 4.45. The van der Waals surface area contributed by atoms with Gasteiger partial charge in [0.15, 0.2) is 0 Å². The highest BCUT2D eigenvalue weighted by Crippen LogP contribution is 2.22. The van der Waals surface area contributed by atoms with Crippen LogP contribution < -0.4 is 10.6 Å². The van der Waals surface area contributed by atoms with Crippen LogP contribution in [0.5, 0.6) is 0 Å². The Morgan fingerprint density at radius 1 is 1.40 bits per heavy atom. The summed E-state index contributed by atoms with van der Waals surface area (Å²) in [4.78, 5) is 22.9. The summed E-state index contributed by atoms with van der Waals surface area (Å²) in [5.74, 6) is -1.43. The zero-order valence-corrected chi connectivity index (χ0v) is 8.30. The van der Waals surface area contributed by atoms with Gasteiger partial charge in [-0.25, -0.2) is 0 Å². The van der Waals surface area contributed by atoms with Gasteiger partial charge in [0.1, 0.15) is 6.54 Å². The molecule has 15 heavy (non-hydrogen) atoms. The summed E-state index contributed by atoms with van der Waals surface area (Å²) < 4.78 is 0. The van der Waals surface area contributed by atoms with E-state index in [1.165, 1.54) is 6.92 Å². The van der Waals surface area contributed by atoms with Crippen molar-refractivity contribution in [1.29, 1.82) is 0 Å². The molecule has 0 saturated heterocycles. The van der Waals surface area contributed by atoms with Crippen LogP contribution in [0.3, 0.4) is 0 Å². The predicted molar refractivity (Wildman–Crippen MR) is 56.5 cm³/mol. The van der Waals surface area contributed by atoms with Crippen LogP contribution in [-0.4, -0.2) is 23.5 Å². The molecule has 0 bridgehead atoms. The Balaban J connectivity index is 3.04. The van der Waals surface area contributed by atoms with Crippen LogP contribution in [0.25, 0.3) is 0 Å². The number of benzene rings is 1. The molecule has 0 saturated carbocycles. The zero-order chi connectivity index (χ0) is 11.4. The minimum Gasteiger partial charge on any atom is -0.480 e. The first-order valence-electron chi connectivity index (χ1n) is 4.36. The molecule has 0 radical (unpaired) electrons. The highest BCUT2D eigenvalue weighted by molar-refractivity contribution is 5.98. The van der Waals surface area contributed by atoms with Crippen molar-refractivity contribution < 1.29 is 14.7 Å². The van der Waals surface area contributed by atoms with Crippen molar-refractivity contribution in [3.63, 3.8) is 0 Å². The number of hydrogen-bond acceptors (Lipinski definition) is 3. The summed E-state index contributed by atoms with van der Waals surface area (Å²) in [5.41, 5.74) is 6.45. The number of carbonyl (C=O) groups excluding carboxylic acids is 1. The summed E-state index contributed by atoms with van der Waals surface area (Å²) in [5, 5.41) is 8.65. The van der Waals surface area contributed by atoms with Gasteiger partial charge in [0, 0.05) is 6.92 Å². The van der Waals surface area contributed by atoms with E-state index in [0.29, 0.717) is 11.4 Å². The molecule has 0 fully saturated rings. The third-order valence-electron chi connectivity index (χ3n) is 1.90. The van der Waals surface area contributed by atoms with Gasteiger partial charge in [-0.15, -0.1) is 0 Å². The molecular formula is C10H12N2O3. The van der Waals surface area contributed by atoms with Gasteiger partial charge in [0.2, 0.25) is 5.91 Å². The van der Waals surface area contributed by atoms with Gasteiger partial charge in [-0.3, -0.25) is 14.5 Å². The summed E-state index contributed by atoms with van der Waals surface area (Å²) >= 11 is 0. The maximum Gasteiger partial charge on any atom is 0.323 e. The number of hydrogen-bond donors (Lipinski definition) is 2. The lowest BCUT2D eigenvalue weighted by atomic mass is 10.2. The molecule has 0 aliphatic rings. The predicted octanol–water partition coefficient (Wildman–Crippen LogP) is 0.706. The fraction of sp³-hybridized carbons (Fsp3) is 0.200. The number of carboxylic acids is 1. The first-order chi connectivity index (χ1) is 7.02. The molecule has 80 valence electrons. The Morgan fingerprint density at radius 3 is 2.47 bits per heavy atom. The highest BCUT2D eigenvalue weighted by Gasteiger charge is 2.16. The lowest BCUT2D eigenvalue weighted by Gasteiger charge is -2.20. The molecule has 1 rings (SSSR count). The molecule has 0 spiro atoms. The normalized spacial score (nSPS) is 9.67. The molecule has 0 unspecified atom stereocenters. The number of amides is 1. The number of nitrogens with zero attached hydrogens (tertiary/aromatic N) is 1. The first-order valence-corrected chi connectivity index (χ1v) is 4.36. The van der Waals surface area contributed by atoms with Gasteiger partial charge >= 0.3 is 5.97 Å². The standard InChI is InChI=1S/C10H12N2O3/c1-7(13)12(6-10(14)15)9-5-3-2-4-8(9)11/h2-5H,6,11H2,1H3,(H,14,15). The van der Waals surface area contributed by atoms with Gasteiger partial charge in [-0.2, -0.15) is 0 Å². The van der Waals surface area contributed by atoms with Crippen molar-refractivity contribution >= 4 is 23.3 Å². The van der Waals surface area contributed by atoms with Crippen molar-refractivity contribution in [3.8, 4) is 0 Å². The molecule has 1 amide bonds. The molecule has 5 heteroatoms. The van der Waals surface area contributed by atoms with Crippen molar-refractivity contribution in [1.82, 2.24) is 0 Å². The van der Waals surface area contributed by atoms with Crippen molar-refractivity contribution in [2.24, 2.45) is 0 Å². The molecule has 0 atom stereocenters. The minimum atomic E-state index is -1.08. The molecule has 0 aromatic heterocycles. The second-order valence-corrected chi connectivity index (χ2v) is 3.06. The molecule has 5 nitrogen and oxygen atoms in total. The molecule has 0 heterocycles. The number of carbonyl (C=O) groups is 2. The monoisotopic (exact) mass is 208 g/mol. The Hall–Kier alpha value is -2.04. The number of nitrogen functional groups attached to an aromatic ring is 1. The van der Waals surface area contributed by atoms with Gasteiger partial charge in [-0.1, -0.05) is 12.1 Å². The smallest absolute Gasteiger partial charge is 0.323 e. The summed E-state index contributed by atoms with van der Waals surface area (Å²) in [6.07, 6.45) is 0. The average Bonchev–Trinajstić information content (AvgIpc) is 2.15. The van der Waals surface area contributed by atoms with Gasteiger partial charge in [-0.05, 0) is 12.1 Å². The molecule has 3 N–H and O–H groups in total. The van der Waals surface area contributed by atoms with Crippen LogP contribution in [0.15, 0.2) is 24.3 Å². The molecule has 0 aliphatic carbocycles. The molecule has 1 aromatic carbocycles. The third kappa shape index (κ3) is 2.70. The number of nitrogens with two attached hydrogens (primary N) is 1. The number of aliphatic carboxylic acids is 1. The van der Waals surface area contributed by atoms with Crippen LogP contribution in [0.2, 0.25) is 0 Å². The molecular weight excluding hydrogens is 196 g/mol. The topological polar surface area (TPSA) is 83.6 Å². The van der Waals surface area contributed by atoms with E-state index in [1.54, 1.807) is 24.3 Å². The molecule has 1 aromatic rings. The van der Waals surface area contributed by atoms with E-state index in [-0.39, 0.29) is 12.5 Å². The van der Waals surface area contributed by atoms with Crippen LogP contribution in [-0.2, 0) is 9.59 Å². The minimum absolute atomic E-state index is 0.352. The first kappa shape index (κ1) is 11.0. The lowest BCUT2D eigenvalue weighted by Crippen LogP contribution is -2.34. The van der Waals surface area contributed by atoms with Crippen molar-refractivity contribution in [2.45, 2.75) is 6.92 Å². The SMILES string of the molecule is CC(=O)N(CC(=O)O)c1ccccc1N. The third-order valence-corrected chi connectivity index (χ3v) is 1.90. The molecule has 0 aliphatic heterocycles. The zero-order valence-electron chi connectivity index (χ0n) is 8.30. The van der Waals surface area contributed by atoms with E-state index in [2.05, 4.69) is 0 Å². The Bertz CT molecular complexity index is 390. The number of anilines is 2. The van der Waals surface area contributed by atoms with E-state index in [9.17, 15) is 9.59 Å². The Kier molecular flexibility index (Phi) is 3.28. The summed E-state index contributed by atoms with van der Waals surface area (Å²) in [6, 6.07) is 6.65. The number of rotatable bonds is 3. The van der Waals surface area contributed by atoms with E-state index in [1.807, 2.05) is 0 Å². The van der Waals surface area contributed by atoms with Crippen molar-refractivity contribution in [2.75, 3.05) is 17.2 Å². The average molecular weight is 208 g/mol. The quantitative estimate of drug-likeness (QED) is 0.716. The van der Waals surface area contributed by atoms with Crippen LogP contribution in [0.4, 0.5) is 11.4 Å². The van der Waals surface area contributed by atoms with Gasteiger partial charge < -0.3 is 10.8 Å². The van der Waals surface area contributed by atoms with E-state index in [4.69, 9.17) is 10.8 Å². The fourth-order valence-corrected chi connectivity index (χ4v) is 1.23. The van der Waals surface area contributed by atoms with Gasteiger partial charge in [0.25, 0.3) is 0 Å². The summed E-state index contributed by atoms with van der Waals surface area (Å²) in [6.45, 7) is 0.916.